The van der Waals surface area contributed by atoms with Crippen molar-refractivity contribution < 1.29 is 9.90 Å². The van der Waals surface area contributed by atoms with Crippen LogP contribution in [0.15, 0.2) is 24.5 Å². The van der Waals surface area contributed by atoms with E-state index in [0.29, 0.717) is 11.5 Å². The van der Waals surface area contributed by atoms with Crippen LogP contribution in [0.3, 0.4) is 0 Å². The summed E-state index contributed by atoms with van der Waals surface area (Å²) in [7, 11) is 0. The van der Waals surface area contributed by atoms with Crippen molar-refractivity contribution in [1.82, 2.24) is 9.55 Å². The van der Waals surface area contributed by atoms with Crippen molar-refractivity contribution in [1.29, 1.82) is 0 Å². The summed E-state index contributed by atoms with van der Waals surface area (Å²) in [5, 5.41) is 9.28. The van der Waals surface area contributed by atoms with E-state index in [-0.39, 0.29) is 6.04 Å². The molecule has 0 aliphatic heterocycles. The summed E-state index contributed by atoms with van der Waals surface area (Å²) in [5.41, 5.74) is 1.80. The Labute approximate surface area is 106 Å². The van der Waals surface area contributed by atoms with Crippen LogP contribution in [0.4, 0.5) is 0 Å². The average molecular weight is 246 g/mol. The number of rotatable bonds is 4. The minimum Gasteiger partial charge on any atom is -0.478 e. The topological polar surface area (TPSA) is 55.1 Å². The van der Waals surface area contributed by atoms with E-state index in [1.807, 2.05) is 10.6 Å². The SMILES string of the molecule is CCC(C(C)C)n1cnc2cccc(C(=O)O)c21. The molecule has 1 aromatic carbocycles. The number of imidazole rings is 1. The Bertz CT molecular complexity index is 572. The van der Waals surface area contributed by atoms with E-state index >= 15 is 0 Å². The molecule has 0 fully saturated rings. The molecule has 0 saturated heterocycles. The van der Waals surface area contributed by atoms with Gasteiger partial charge in [-0.1, -0.05) is 26.8 Å². The van der Waals surface area contributed by atoms with Crippen LogP contribution in [0.2, 0.25) is 0 Å². The van der Waals surface area contributed by atoms with Gasteiger partial charge in [0.05, 0.1) is 22.9 Å². The van der Waals surface area contributed by atoms with Crippen LogP contribution in [0, 0.1) is 5.92 Å². The summed E-state index contributed by atoms with van der Waals surface area (Å²) in [5.74, 6) is -0.463. The van der Waals surface area contributed by atoms with Crippen LogP contribution < -0.4 is 0 Å². The molecule has 4 nitrogen and oxygen atoms in total. The molecule has 1 atom stereocenters. The number of hydrogen-bond acceptors (Lipinski definition) is 2. The molecule has 18 heavy (non-hydrogen) atoms. The van der Waals surface area contributed by atoms with Crippen LogP contribution in [-0.4, -0.2) is 20.6 Å². The smallest absolute Gasteiger partial charge is 0.337 e. The van der Waals surface area contributed by atoms with Crippen molar-refractivity contribution >= 4 is 17.0 Å². The molecule has 1 aromatic heterocycles. The molecule has 0 aliphatic rings. The number of carboxylic acid groups (broad SMARTS) is 1. The van der Waals surface area contributed by atoms with Gasteiger partial charge in [0.25, 0.3) is 0 Å². The maximum Gasteiger partial charge on any atom is 0.337 e. The molecule has 0 spiro atoms. The van der Waals surface area contributed by atoms with E-state index in [1.54, 1.807) is 18.5 Å². The Morgan fingerprint density at radius 1 is 1.44 bits per heavy atom. The molecule has 0 saturated carbocycles. The third-order valence-electron chi connectivity index (χ3n) is 3.37. The zero-order chi connectivity index (χ0) is 13.3. The standard InChI is InChI=1S/C14H18N2O2/c1-4-12(9(2)3)16-8-15-11-7-5-6-10(13(11)16)14(17)18/h5-9,12H,4H2,1-3H3,(H,17,18). The minimum absolute atomic E-state index is 0.274. The van der Waals surface area contributed by atoms with Gasteiger partial charge < -0.3 is 9.67 Å². The van der Waals surface area contributed by atoms with Crippen LogP contribution >= 0.6 is 0 Å². The lowest BCUT2D eigenvalue weighted by Crippen LogP contribution is -2.14. The lowest BCUT2D eigenvalue weighted by Gasteiger charge is -2.22. The van der Waals surface area contributed by atoms with E-state index in [0.717, 1.165) is 17.5 Å². The molecule has 1 N–H and O–H groups in total. The fourth-order valence-electron chi connectivity index (χ4n) is 2.50. The van der Waals surface area contributed by atoms with Crippen LogP contribution in [0.5, 0.6) is 0 Å². The number of aromatic nitrogens is 2. The van der Waals surface area contributed by atoms with Crippen molar-refractivity contribution in [2.24, 2.45) is 5.92 Å². The van der Waals surface area contributed by atoms with Crippen molar-refractivity contribution in [3.05, 3.63) is 30.1 Å². The normalized spacial score (nSPS) is 13.1. The number of hydrogen-bond donors (Lipinski definition) is 1. The zero-order valence-corrected chi connectivity index (χ0v) is 10.9. The number of carbonyl (C=O) groups is 1. The summed E-state index contributed by atoms with van der Waals surface area (Å²) < 4.78 is 2.00. The molecule has 0 aliphatic carbocycles. The molecule has 96 valence electrons. The zero-order valence-electron chi connectivity index (χ0n) is 10.9. The van der Waals surface area contributed by atoms with E-state index in [4.69, 9.17) is 0 Å². The third-order valence-corrected chi connectivity index (χ3v) is 3.37. The highest BCUT2D eigenvalue weighted by Crippen LogP contribution is 2.28. The van der Waals surface area contributed by atoms with Gasteiger partial charge >= 0.3 is 5.97 Å². The fourth-order valence-corrected chi connectivity index (χ4v) is 2.50. The van der Waals surface area contributed by atoms with Crippen molar-refractivity contribution in [3.8, 4) is 0 Å². The van der Waals surface area contributed by atoms with Crippen LogP contribution in [0.1, 0.15) is 43.6 Å². The number of nitrogens with zero attached hydrogens (tertiary/aromatic N) is 2. The van der Waals surface area contributed by atoms with E-state index < -0.39 is 5.97 Å². The molecule has 4 heteroatoms. The summed E-state index contributed by atoms with van der Waals surface area (Å²) in [4.78, 5) is 15.6. The maximum absolute atomic E-state index is 11.3. The Kier molecular flexibility index (Phi) is 3.36. The molecule has 2 aromatic rings. The molecule has 0 bridgehead atoms. The second kappa shape index (κ2) is 4.80. The Morgan fingerprint density at radius 2 is 2.17 bits per heavy atom. The van der Waals surface area contributed by atoms with Crippen molar-refractivity contribution in [2.75, 3.05) is 0 Å². The first-order valence-corrected chi connectivity index (χ1v) is 6.25. The van der Waals surface area contributed by atoms with Gasteiger partial charge in [-0.2, -0.15) is 0 Å². The minimum atomic E-state index is -0.902. The van der Waals surface area contributed by atoms with Crippen LogP contribution in [0.25, 0.3) is 11.0 Å². The first kappa shape index (κ1) is 12.6. The molecule has 0 amide bonds. The lowest BCUT2D eigenvalue weighted by atomic mass is 10.0. The van der Waals surface area contributed by atoms with Crippen molar-refractivity contribution in [3.63, 3.8) is 0 Å². The first-order valence-electron chi connectivity index (χ1n) is 6.25. The fraction of sp³-hybridized carbons (Fsp3) is 0.429. The number of fused-ring (bicyclic) bond motifs is 1. The van der Waals surface area contributed by atoms with Gasteiger partial charge in [0.1, 0.15) is 0 Å². The molecule has 2 rings (SSSR count). The first-order chi connectivity index (χ1) is 8.56. The number of aromatic carboxylic acids is 1. The van der Waals surface area contributed by atoms with Gasteiger partial charge in [-0.3, -0.25) is 0 Å². The third kappa shape index (κ3) is 1.98. The number of benzene rings is 1. The number of carboxylic acids is 1. The predicted octanol–water partition coefficient (Wildman–Crippen LogP) is 3.34. The maximum atomic E-state index is 11.3. The highest BCUT2D eigenvalue weighted by Gasteiger charge is 2.19. The molecule has 1 heterocycles. The second-order valence-electron chi connectivity index (χ2n) is 4.85. The van der Waals surface area contributed by atoms with E-state index in [2.05, 4.69) is 25.8 Å². The van der Waals surface area contributed by atoms with Gasteiger partial charge in [0.15, 0.2) is 0 Å². The molecule has 0 radical (unpaired) electrons. The second-order valence-corrected chi connectivity index (χ2v) is 4.85. The highest BCUT2D eigenvalue weighted by atomic mass is 16.4. The predicted molar refractivity (Wildman–Crippen MR) is 70.9 cm³/mol. The Morgan fingerprint density at radius 3 is 2.72 bits per heavy atom. The van der Waals surface area contributed by atoms with Gasteiger partial charge in [-0.05, 0) is 24.5 Å². The van der Waals surface area contributed by atoms with E-state index in [9.17, 15) is 9.90 Å². The number of para-hydroxylation sites is 1. The van der Waals surface area contributed by atoms with Gasteiger partial charge in [-0.15, -0.1) is 0 Å². The van der Waals surface area contributed by atoms with Gasteiger partial charge in [0, 0.05) is 6.04 Å². The highest BCUT2D eigenvalue weighted by molar-refractivity contribution is 6.01. The van der Waals surface area contributed by atoms with E-state index in [1.165, 1.54) is 0 Å². The summed E-state index contributed by atoms with van der Waals surface area (Å²) in [6.45, 7) is 6.40. The van der Waals surface area contributed by atoms with Gasteiger partial charge in [-0.25, -0.2) is 9.78 Å². The van der Waals surface area contributed by atoms with Crippen molar-refractivity contribution in [2.45, 2.75) is 33.2 Å². The summed E-state index contributed by atoms with van der Waals surface area (Å²) >= 11 is 0. The Hall–Kier alpha value is -1.84. The molecular formula is C14H18N2O2. The molecule has 1 unspecified atom stereocenters. The molecular weight excluding hydrogens is 228 g/mol. The summed E-state index contributed by atoms with van der Waals surface area (Å²) in [6, 6.07) is 5.50. The summed E-state index contributed by atoms with van der Waals surface area (Å²) in [6.07, 6.45) is 2.71. The average Bonchev–Trinajstić information content (AvgIpc) is 2.73. The lowest BCUT2D eigenvalue weighted by molar-refractivity contribution is 0.0698. The monoisotopic (exact) mass is 246 g/mol. The van der Waals surface area contributed by atoms with Crippen LogP contribution in [-0.2, 0) is 0 Å². The van der Waals surface area contributed by atoms with Gasteiger partial charge in [0.2, 0.25) is 0 Å². The quantitative estimate of drug-likeness (QED) is 0.900. The largest absolute Gasteiger partial charge is 0.478 e. The Balaban J connectivity index is 2.68.